The summed E-state index contributed by atoms with van der Waals surface area (Å²) in [6.45, 7) is 5.85. The first-order valence-corrected chi connectivity index (χ1v) is 6.81. The van der Waals surface area contributed by atoms with Crippen molar-refractivity contribution in [2.24, 2.45) is 0 Å². The van der Waals surface area contributed by atoms with E-state index in [1.165, 1.54) is 18.4 Å². The van der Waals surface area contributed by atoms with E-state index >= 15 is 0 Å². The van der Waals surface area contributed by atoms with Crippen LogP contribution >= 0.6 is 0 Å². The minimum atomic E-state index is -0.103. The van der Waals surface area contributed by atoms with Crippen molar-refractivity contribution in [3.63, 3.8) is 0 Å². The molecule has 1 aromatic rings. The molecule has 98 valence electrons. The van der Waals surface area contributed by atoms with E-state index in [1.807, 2.05) is 12.1 Å². The van der Waals surface area contributed by atoms with Crippen LogP contribution in [0.25, 0.3) is 0 Å². The normalized spacial score (nSPS) is 20.3. The Kier molecular flexibility index (Phi) is 2.94. The van der Waals surface area contributed by atoms with E-state index in [9.17, 15) is 0 Å². The third-order valence-corrected chi connectivity index (χ3v) is 3.42. The van der Waals surface area contributed by atoms with Gasteiger partial charge in [-0.25, -0.2) is 0 Å². The maximum atomic E-state index is 5.97. The van der Waals surface area contributed by atoms with E-state index < -0.39 is 0 Å². The number of nitrogens with one attached hydrogen (secondary N) is 1. The molecular formula is C15H21NO2. The highest BCUT2D eigenvalue weighted by Crippen LogP contribution is 2.41. The number of hydrogen-bond acceptors (Lipinski definition) is 3. The first-order valence-electron chi connectivity index (χ1n) is 6.81. The zero-order chi connectivity index (χ0) is 12.6. The number of fused-ring (bicyclic) bond motifs is 1. The molecule has 0 atom stereocenters. The van der Waals surface area contributed by atoms with Crippen LogP contribution in [0.5, 0.6) is 11.5 Å². The van der Waals surface area contributed by atoms with Gasteiger partial charge in [-0.2, -0.15) is 0 Å². The Labute approximate surface area is 108 Å². The molecule has 3 rings (SSSR count). The molecule has 18 heavy (non-hydrogen) atoms. The average molecular weight is 247 g/mol. The van der Waals surface area contributed by atoms with Gasteiger partial charge < -0.3 is 14.8 Å². The molecule has 1 aliphatic heterocycles. The molecule has 0 bridgehead atoms. The van der Waals surface area contributed by atoms with Crippen molar-refractivity contribution in [1.82, 2.24) is 5.32 Å². The lowest BCUT2D eigenvalue weighted by molar-refractivity contribution is 0.132. The van der Waals surface area contributed by atoms with Crippen molar-refractivity contribution in [1.29, 1.82) is 0 Å². The fraction of sp³-hybridized carbons (Fsp3) is 0.600. The van der Waals surface area contributed by atoms with Crippen molar-refractivity contribution >= 4 is 0 Å². The summed E-state index contributed by atoms with van der Waals surface area (Å²) in [6, 6.07) is 6.91. The molecule has 0 radical (unpaired) electrons. The van der Waals surface area contributed by atoms with Gasteiger partial charge in [-0.15, -0.1) is 0 Å². The number of benzene rings is 1. The molecule has 1 N–H and O–H groups in total. The molecule has 0 saturated heterocycles. The van der Waals surface area contributed by atoms with Crippen molar-refractivity contribution in [3.8, 4) is 11.5 Å². The molecule has 1 aromatic carbocycles. The SMILES string of the molecule is CC1(C)Cc2cccc(OCCNC3CC3)c2O1. The van der Waals surface area contributed by atoms with E-state index in [0.717, 1.165) is 30.5 Å². The van der Waals surface area contributed by atoms with E-state index in [0.29, 0.717) is 6.61 Å². The van der Waals surface area contributed by atoms with Crippen LogP contribution in [0.1, 0.15) is 32.3 Å². The predicted octanol–water partition coefficient (Wildman–Crippen LogP) is 2.53. The van der Waals surface area contributed by atoms with Gasteiger partial charge in [-0.1, -0.05) is 12.1 Å². The molecule has 0 amide bonds. The van der Waals surface area contributed by atoms with Gasteiger partial charge in [0, 0.05) is 24.6 Å². The van der Waals surface area contributed by atoms with Crippen LogP contribution in [0.4, 0.5) is 0 Å². The Morgan fingerprint density at radius 3 is 3.00 bits per heavy atom. The molecule has 1 fully saturated rings. The topological polar surface area (TPSA) is 30.5 Å². The van der Waals surface area contributed by atoms with Gasteiger partial charge in [-0.05, 0) is 32.8 Å². The van der Waals surface area contributed by atoms with Crippen LogP contribution in [0.15, 0.2) is 18.2 Å². The van der Waals surface area contributed by atoms with Crippen LogP contribution in [-0.2, 0) is 6.42 Å². The summed E-state index contributed by atoms with van der Waals surface area (Å²) in [6.07, 6.45) is 3.59. The fourth-order valence-corrected chi connectivity index (χ4v) is 2.41. The second-order valence-corrected chi connectivity index (χ2v) is 5.86. The third-order valence-electron chi connectivity index (χ3n) is 3.42. The van der Waals surface area contributed by atoms with Gasteiger partial charge in [-0.3, -0.25) is 0 Å². The van der Waals surface area contributed by atoms with E-state index in [1.54, 1.807) is 0 Å². The molecule has 1 saturated carbocycles. The highest BCUT2D eigenvalue weighted by atomic mass is 16.5. The van der Waals surface area contributed by atoms with E-state index in [-0.39, 0.29) is 5.60 Å². The van der Waals surface area contributed by atoms with Gasteiger partial charge in [0.2, 0.25) is 0 Å². The van der Waals surface area contributed by atoms with E-state index in [4.69, 9.17) is 9.47 Å². The standard InChI is InChI=1S/C15H21NO2/c1-15(2)10-11-4-3-5-13(14(11)18-15)17-9-8-16-12-6-7-12/h3-5,12,16H,6-10H2,1-2H3. The molecule has 3 heteroatoms. The highest BCUT2D eigenvalue weighted by Gasteiger charge is 2.32. The summed E-state index contributed by atoms with van der Waals surface area (Å²) < 4.78 is 11.8. The molecule has 0 unspecified atom stereocenters. The second kappa shape index (κ2) is 4.47. The fourth-order valence-electron chi connectivity index (χ4n) is 2.41. The average Bonchev–Trinajstić information content (AvgIpc) is 3.06. The number of ether oxygens (including phenoxy) is 2. The van der Waals surface area contributed by atoms with Crippen molar-refractivity contribution in [2.75, 3.05) is 13.2 Å². The lowest BCUT2D eigenvalue weighted by Crippen LogP contribution is -2.25. The Bertz CT molecular complexity index is 438. The van der Waals surface area contributed by atoms with Gasteiger partial charge in [0.25, 0.3) is 0 Å². The van der Waals surface area contributed by atoms with Crippen LogP contribution in [0, 0.1) is 0 Å². The largest absolute Gasteiger partial charge is 0.488 e. The zero-order valence-corrected chi connectivity index (χ0v) is 11.2. The van der Waals surface area contributed by atoms with Gasteiger partial charge >= 0.3 is 0 Å². The minimum absolute atomic E-state index is 0.103. The number of hydrogen-bond donors (Lipinski definition) is 1. The first-order chi connectivity index (χ1) is 8.64. The summed E-state index contributed by atoms with van der Waals surface area (Å²) in [5, 5.41) is 3.44. The van der Waals surface area contributed by atoms with E-state index in [2.05, 4.69) is 25.2 Å². The molecule has 3 nitrogen and oxygen atoms in total. The van der Waals surface area contributed by atoms with Gasteiger partial charge in [0.15, 0.2) is 11.5 Å². The Hall–Kier alpha value is -1.22. The Morgan fingerprint density at radius 2 is 2.22 bits per heavy atom. The highest BCUT2D eigenvalue weighted by molar-refractivity contribution is 5.50. The number of para-hydroxylation sites is 1. The summed E-state index contributed by atoms with van der Waals surface area (Å²) in [5.74, 6) is 1.82. The van der Waals surface area contributed by atoms with Gasteiger partial charge in [0.1, 0.15) is 12.2 Å². The quantitative estimate of drug-likeness (QED) is 0.811. The molecule has 2 aliphatic rings. The Balaban J connectivity index is 1.60. The minimum Gasteiger partial charge on any atom is -0.488 e. The first kappa shape index (κ1) is 11.8. The third kappa shape index (κ3) is 2.61. The zero-order valence-electron chi connectivity index (χ0n) is 11.2. The van der Waals surface area contributed by atoms with Crippen LogP contribution in [0.3, 0.4) is 0 Å². The molecule has 1 aliphatic carbocycles. The van der Waals surface area contributed by atoms with Gasteiger partial charge in [0.05, 0.1) is 0 Å². The Morgan fingerprint density at radius 1 is 1.39 bits per heavy atom. The maximum absolute atomic E-state index is 5.97. The molecule has 1 heterocycles. The summed E-state index contributed by atoms with van der Waals surface area (Å²) >= 11 is 0. The molecule has 0 aromatic heterocycles. The lowest BCUT2D eigenvalue weighted by Gasteiger charge is -2.18. The van der Waals surface area contributed by atoms with Crippen LogP contribution in [0.2, 0.25) is 0 Å². The maximum Gasteiger partial charge on any atom is 0.165 e. The summed E-state index contributed by atoms with van der Waals surface area (Å²) in [5.41, 5.74) is 1.15. The number of rotatable bonds is 5. The lowest BCUT2D eigenvalue weighted by atomic mass is 10.0. The summed E-state index contributed by atoms with van der Waals surface area (Å²) in [4.78, 5) is 0. The van der Waals surface area contributed by atoms with Crippen molar-refractivity contribution in [3.05, 3.63) is 23.8 Å². The van der Waals surface area contributed by atoms with Crippen LogP contribution < -0.4 is 14.8 Å². The monoisotopic (exact) mass is 247 g/mol. The molecule has 0 spiro atoms. The molecular weight excluding hydrogens is 226 g/mol. The predicted molar refractivity (Wildman–Crippen MR) is 71.4 cm³/mol. The smallest absolute Gasteiger partial charge is 0.165 e. The van der Waals surface area contributed by atoms with Crippen LogP contribution in [-0.4, -0.2) is 24.8 Å². The summed E-state index contributed by atoms with van der Waals surface area (Å²) in [7, 11) is 0. The van der Waals surface area contributed by atoms with Crippen molar-refractivity contribution < 1.29 is 9.47 Å². The van der Waals surface area contributed by atoms with Crippen molar-refractivity contribution in [2.45, 2.75) is 44.8 Å². The second-order valence-electron chi connectivity index (χ2n) is 5.86.